The quantitative estimate of drug-likeness (QED) is 0.879. The van der Waals surface area contributed by atoms with Crippen LogP contribution in [0.1, 0.15) is 16.8 Å². The minimum Gasteiger partial charge on any atom is -0.497 e. The summed E-state index contributed by atoms with van der Waals surface area (Å²) in [5, 5.41) is 2.63. The molecule has 0 spiro atoms. The SMILES string of the molecule is CNC(=O)[C@@H]1C[C@H](Oc2cccnc2)CN1C(=O)c1ccc(OC)cc1. The Bertz CT molecular complexity index is 764. The van der Waals surface area contributed by atoms with Gasteiger partial charge in [-0.2, -0.15) is 0 Å². The average molecular weight is 355 g/mol. The third-order valence-electron chi connectivity index (χ3n) is 4.35. The number of nitrogens with zero attached hydrogens (tertiary/aromatic N) is 2. The Hall–Kier alpha value is -3.09. The molecule has 0 aliphatic carbocycles. The molecule has 1 aliphatic rings. The highest BCUT2D eigenvalue weighted by Gasteiger charge is 2.40. The maximum atomic E-state index is 12.9. The minimum absolute atomic E-state index is 0.204. The van der Waals surface area contributed by atoms with Gasteiger partial charge < -0.3 is 19.7 Å². The van der Waals surface area contributed by atoms with E-state index >= 15 is 0 Å². The molecule has 2 atom stereocenters. The van der Waals surface area contributed by atoms with E-state index in [4.69, 9.17) is 9.47 Å². The van der Waals surface area contributed by atoms with Gasteiger partial charge in [0.05, 0.1) is 19.9 Å². The molecule has 2 heterocycles. The van der Waals surface area contributed by atoms with E-state index in [-0.39, 0.29) is 17.9 Å². The number of rotatable bonds is 5. The molecule has 1 aromatic heterocycles. The van der Waals surface area contributed by atoms with Crippen LogP contribution < -0.4 is 14.8 Å². The van der Waals surface area contributed by atoms with Crippen molar-refractivity contribution in [3.05, 3.63) is 54.4 Å². The number of pyridine rings is 1. The number of aromatic nitrogens is 1. The number of benzene rings is 1. The standard InChI is InChI=1S/C19H21N3O4/c1-20-18(23)17-10-16(26-15-4-3-9-21-11-15)12-22(17)19(24)13-5-7-14(25-2)8-6-13/h3-9,11,16-17H,10,12H2,1-2H3,(H,20,23)/t16-,17-/m0/s1. The van der Waals surface area contributed by atoms with E-state index < -0.39 is 6.04 Å². The second-order valence-corrected chi connectivity index (χ2v) is 5.98. The predicted octanol–water partition coefficient (Wildman–Crippen LogP) is 1.50. The van der Waals surface area contributed by atoms with Gasteiger partial charge in [-0.05, 0) is 36.4 Å². The van der Waals surface area contributed by atoms with Crippen molar-refractivity contribution in [2.45, 2.75) is 18.6 Å². The van der Waals surface area contributed by atoms with E-state index in [0.717, 1.165) is 0 Å². The molecular weight excluding hydrogens is 334 g/mol. The molecule has 0 unspecified atom stereocenters. The maximum Gasteiger partial charge on any atom is 0.254 e. The highest BCUT2D eigenvalue weighted by atomic mass is 16.5. The van der Waals surface area contributed by atoms with Gasteiger partial charge >= 0.3 is 0 Å². The summed E-state index contributed by atoms with van der Waals surface area (Å²) >= 11 is 0. The van der Waals surface area contributed by atoms with Crippen LogP contribution in [0.2, 0.25) is 0 Å². The van der Waals surface area contributed by atoms with Crippen molar-refractivity contribution in [1.82, 2.24) is 15.2 Å². The van der Waals surface area contributed by atoms with Gasteiger partial charge in [-0.25, -0.2) is 0 Å². The van der Waals surface area contributed by atoms with Gasteiger partial charge in [0.15, 0.2) is 0 Å². The topological polar surface area (TPSA) is 80.8 Å². The molecule has 0 saturated carbocycles. The Labute approximate surface area is 151 Å². The number of hydrogen-bond acceptors (Lipinski definition) is 5. The molecule has 1 N–H and O–H groups in total. The van der Waals surface area contributed by atoms with Crippen molar-refractivity contribution >= 4 is 11.8 Å². The monoisotopic (exact) mass is 355 g/mol. The van der Waals surface area contributed by atoms with Crippen LogP contribution in [-0.2, 0) is 4.79 Å². The average Bonchev–Trinajstić information content (AvgIpc) is 3.11. The summed E-state index contributed by atoms with van der Waals surface area (Å²) in [6.07, 6.45) is 3.43. The van der Waals surface area contributed by atoms with E-state index in [9.17, 15) is 9.59 Å². The highest BCUT2D eigenvalue weighted by molar-refractivity contribution is 5.98. The zero-order valence-corrected chi connectivity index (χ0v) is 14.7. The number of likely N-dealkylation sites (N-methyl/N-ethyl adjacent to an activating group) is 1. The molecule has 3 rings (SSSR count). The predicted molar refractivity (Wildman–Crippen MR) is 95.2 cm³/mol. The summed E-state index contributed by atoms with van der Waals surface area (Å²) in [6.45, 7) is 0.331. The summed E-state index contributed by atoms with van der Waals surface area (Å²) in [5.41, 5.74) is 0.502. The molecule has 0 radical (unpaired) electrons. The maximum absolute atomic E-state index is 12.9. The van der Waals surface area contributed by atoms with E-state index in [0.29, 0.717) is 30.0 Å². The molecule has 1 fully saturated rings. The first kappa shape index (κ1) is 17.7. The third-order valence-corrected chi connectivity index (χ3v) is 4.35. The minimum atomic E-state index is -0.573. The van der Waals surface area contributed by atoms with Crippen LogP contribution in [0, 0.1) is 0 Å². The van der Waals surface area contributed by atoms with Gasteiger partial charge in [0.25, 0.3) is 5.91 Å². The van der Waals surface area contributed by atoms with Gasteiger partial charge in [0, 0.05) is 25.2 Å². The van der Waals surface area contributed by atoms with Crippen molar-refractivity contribution in [2.75, 3.05) is 20.7 Å². The molecule has 1 saturated heterocycles. The van der Waals surface area contributed by atoms with Crippen molar-refractivity contribution < 1.29 is 19.1 Å². The lowest BCUT2D eigenvalue weighted by Crippen LogP contribution is -2.44. The first-order valence-corrected chi connectivity index (χ1v) is 8.35. The summed E-state index contributed by atoms with van der Waals surface area (Å²) in [4.78, 5) is 30.8. The van der Waals surface area contributed by atoms with Crippen molar-refractivity contribution in [1.29, 1.82) is 0 Å². The molecule has 1 aliphatic heterocycles. The van der Waals surface area contributed by atoms with Crippen LogP contribution in [0.3, 0.4) is 0 Å². The van der Waals surface area contributed by atoms with E-state index in [1.807, 2.05) is 0 Å². The molecule has 2 aromatic rings. The van der Waals surface area contributed by atoms with Crippen molar-refractivity contribution in [2.24, 2.45) is 0 Å². The van der Waals surface area contributed by atoms with Crippen LogP contribution >= 0.6 is 0 Å². The second-order valence-electron chi connectivity index (χ2n) is 5.98. The number of carbonyl (C=O) groups excluding carboxylic acids is 2. The number of carbonyl (C=O) groups is 2. The molecular formula is C19H21N3O4. The Kier molecular flexibility index (Phi) is 5.36. The molecule has 2 amide bonds. The molecule has 7 nitrogen and oxygen atoms in total. The number of ether oxygens (including phenoxy) is 2. The molecule has 0 bridgehead atoms. The van der Waals surface area contributed by atoms with Crippen molar-refractivity contribution in [3.8, 4) is 11.5 Å². The van der Waals surface area contributed by atoms with Crippen LogP contribution in [0.5, 0.6) is 11.5 Å². The van der Waals surface area contributed by atoms with Crippen LogP contribution in [0.15, 0.2) is 48.8 Å². The number of amides is 2. The fraction of sp³-hybridized carbons (Fsp3) is 0.316. The number of nitrogens with one attached hydrogen (secondary N) is 1. The molecule has 136 valence electrons. The molecule has 26 heavy (non-hydrogen) atoms. The van der Waals surface area contributed by atoms with E-state index in [1.54, 1.807) is 67.8 Å². The second kappa shape index (κ2) is 7.86. The summed E-state index contributed by atoms with van der Waals surface area (Å²) < 4.78 is 11.0. The Morgan fingerprint density at radius 1 is 1.19 bits per heavy atom. The van der Waals surface area contributed by atoms with Crippen molar-refractivity contribution in [3.63, 3.8) is 0 Å². The van der Waals surface area contributed by atoms with Gasteiger partial charge in [0.2, 0.25) is 5.91 Å². The third kappa shape index (κ3) is 3.77. The first-order chi connectivity index (χ1) is 12.6. The largest absolute Gasteiger partial charge is 0.497 e. The van der Waals surface area contributed by atoms with Gasteiger partial charge in [-0.3, -0.25) is 14.6 Å². The fourth-order valence-electron chi connectivity index (χ4n) is 3.03. The molecule has 1 aromatic carbocycles. The first-order valence-electron chi connectivity index (χ1n) is 8.35. The van der Waals surface area contributed by atoms with Crippen LogP contribution in [0.25, 0.3) is 0 Å². The summed E-state index contributed by atoms with van der Waals surface area (Å²) in [5.74, 6) is 0.873. The zero-order chi connectivity index (χ0) is 18.5. The van der Waals surface area contributed by atoms with Crippen LogP contribution in [-0.4, -0.2) is 54.5 Å². The number of hydrogen-bond donors (Lipinski definition) is 1. The van der Waals surface area contributed by atoms with Gasteiger partial charge in [-0.1, -0.05) is 0 Å². The highest BCUT2D eigenvalue weighted by Crippen LogP contribution is 2.25. The Balaban J connectivity index is 1.78. The van der Waals surface area contributed by atoms with E-state index in [1.165, 1.54) is 0 Å². The lowest BCUT2D eigenvalue weighted by molar-refractivity contribution is -0.124. The van der Waals surface area contributed by atoms with Gasteiger partial charge in [-0.15, -0.1) is 0 Å². The summed E-state index contributed by atoms with van der Waals surface area (Å²) in [7, 11) is 3.13. The lowest BCUT2D eigenvalue weighted by atomic mass is 10.1. The fourth-order valence-corrected chi connectivity index (χ4v) is 3.03. The number of methoxy groups -OCH3 is 1. The zero-order valence-electron chi connectivity index (χ0n) is 14.7. The smallest absolute Gasteiger partial charge is 0.254 e. The summed E-state index contributed by atoms with van der Waals surface area (Å²) in [6, 6.07) is 9.84. The Morgan fingerprint density at radius 2 is 1.96 bits per heavy atom. The van der Waals surface area contributed by atoms with Crippen LogP contribution in [0.4, 0.5) is 0 Å². The van der Waals surface area contributed by atoms with E-state index in [2.05, 4.69) is 10.3 Å². The molecule has 7 heteroatoms. The Morgan fingerprint density at radius 3 is 2.58 bits per heavy atom. The number of likely N-dealkylation sites (tertiary alicyclic amines) is 1. The lowest BCUT2D eigenvalue weighted by Gasteiger charge is -2.23. The van der Waals surface area contributed by atoms with Gasteiger partial charge in [0.1, 0.15) is 23.6 Å². The normalized spacial score (nSPS) is 19.1.